The molecule has 43 heavy (non-hydrogen) atoms. The van der Waals surface area contributed by atoms with Crippen molar-refractivity contribution in [2.24, 2.45) is 0 Å². The van der Waals surface area contributed by atoms with E-state index in [0.717, 1.165) is 15.4 Å². The van der Waals surface area contributed by atoms with Gasteiger partial charge in [0, 0.05) is 24.0 Å². The Bertz CT molecular complexity index is 1630. The summed E-state index contributed by atoms with van der Waals surface area (Å²) in [5.74, 6) is -0.824. The molecule has 0 radical (unpaired) electrons. The molecule has 4 aromatic carbocycles. The Labute approximate surface area is 259 Å². The molecule has 1 atom stereocenters. The second kappa shape index (κ2) is 14.4. The van der Waals surface area contributed by atoms with Gasteiger partial charge < -0.3 is 10.2 Å². The summed E-state index contributed by atoms with van der Waals surface area (Å²) in [5.41, 5.74) is 2.74. The summed E-state index contributed by atoms with van der Waals surface area (Å²) in [4.78, 5) is 29.6. The predicted molar refractivity (Wildman–Crippen MR) is 171 cm³/mol. The lowest BCUT2D eigenvalue weighted by Gasteiger charge is -2.34. The van der Waals surface area contributed by atoms with Crippen LogP contribution in [0.15, 0.2) is 114 Å². The van der Waals surface area contributed by atoms with Crippen LogP contribution in [0, 0.1) is 6.92 Å². The molecule has 1 N–H and O–H groups in total. The van der Waals surface area contributed by atoms with Gasteiger partial charge in [0.15, 0.2) is 0 Å². The first-order chi connectivity index (χ1) is 20.6. The first-order valence-corrected chi connectivity index (χ1v) is 15.9. The molecule has 0 aliphatic rings. The largest absolute Gasteiger partial charge is 0.352 e. The molecular weight excluding hydrogens is 582 g/mol. The molecule has 9 heteroatoms. The van der Waals surface area contributed by atoms with Crippen LogP contribution in [0.2, 0.25) is 5.02 Å². The molecule has 224 valence electrons. The zero-order valence-electron chi connectivity index (χ0n) is 24.5. The van der Waals surface area contributed by atoms with Crippen molar-refractivity contribution in [3.05, 3.63) is 131 Å². The van der Waals surface area contributed by atoms with Crippen molar-refractivity contribution in [2.45, 2.75) is 50.7 Å². The van der Waals surface area contributed by atoms with Gasteiger partial charge in [-0.2, -0.15) is 0 Å². The number of para-hydroxylation sites is 1. The van der Waals surface area contributed by atoms with Gasteiger partial charge in [0.05, 0.1) is 10.6 Å². The molecule has 0 aliphatic carbocycles. The first kappa shape index (κ1) is 31.8. The molecule has 4 rings (SSSR count). The standard InChI is InChI=1S/C34H36ClN3O4S/c1-25(2)36-34(40)32(22-27-13-6-4-7-14-27)37(23-28-15-8-5-9-16-28)33(39)24-38(31-17-11-10-12-26(31)3)43(41,42)30-20-18-29(35)19-21-30/h4-21,25,32H,22-24H2,1-3H3,(H,36,40)/t32-/m1/s1. The van der Waals surface area contributed by atoms with Crippen molar-refractivity contribution in [1.82, 2.24) is 10.2 Å². The maximum atomic E-state index is 14.4. The highest BCUT2D eigenvalue weighted by molar-refractivity contribution is 7.92. The summed E-state index contributed by atoms with van der Waals surface area (Å²) < 4.78 is 29.3. The van der Waals surface area contributed by atoms with Crippen molar-refractivity contribution in [3.8, 4) is 0 Å². The highest BCUT2D eigenvalue weighted by atomic mass is 35.5. The highest BCUT2D eigenvalue weighted by Crippen LogP contribution is 2.28. The molecule has 0 aliphatic heterocycles. The summed E-state index contributed by atoms with van der Waals surface area (Å²) in [7, 11) is -4.19. The van der Waals surface area contributed by atoms with Crippen LogP contribution in [0.25, 0.3) is 0 Å². The fourth-order valence-electron chi connectivity index (χ4n) is 4.81. The number of carbonyl (C=O) groups is 2. The van der Waals surface area contributed by atoms with E-state index < -0.39 is 28.5 Å². The monoisotopic (exact) mass is 617 g/mol. The van der Waals surface area contributed by atoms with Crippen LogP contribution in [0.1, 0.15) is 30.5 Å². The average molecular weight is 618 g/mol. The van der Waals surface area contributed by atoms with E-state index in [1.165, 1.54) is 29.2 Å². The average Bonchev–Trinajstić information content (AvgIpc) is 2.99. The molecule has 0 unspecified atom stereocenters. The molecule has 0 aromatic heterocycles. The molecular formula is C34H36ClN3O4S. The van der Waals surface area contributed by atoms with Gasteiger partial charge in [0.1, 0.15) is 12.6 Å². The third kappa shape index (κ3) is 8.24. The van der Waals surface area contributed by atoms with Gasteiger partial charge in [-0.15, -0.1) is 0 Å². The Morgan fingerprint density at radius 3 is 1.93 bits per heavy atom. The van der Waals surface area contributed by atoms with Gasteiger partial charge in [0.25, 0.3) is 10.0 Å². The number of amides is 2. The van der Waals surface area contributed by atoms with E-state index in [0.29, 0.717) is 16.3 Å². The molecule has 0 spiro atoms. The van der Waals surface area contributed by atoms with Crippen molar-refractivity contribution in [2.75, 3.05) is 10.8 Å². The highest BCUT2D eigenvalue weighted by Gasteiger charge is 2.35. The molecule has 0 saturated heterocycles. The molecule has 0 saturated carbocycles. The first-order valence-electron chi connectivity index (χ1n) is 14.1. The van der Waals surface area contributed by atoms with Gasteiger partial charge >= 0.3 is 0 Å². The number of carbonyl (C=O) groups excluding carboxylic acids is 2. The molecule has 0 fully saturated rings. The SMILES string of the molecule is Cc1ccccc1N(CC(=O)N(Cc1ccccc1)[C@H](Cc1ccccc1)C(=O)NC(C)C)S(=O)(=O)c1ccc(Cl)cc1. The lowest BCUT2D eigenvalue weighted by atomic mass is 10.0. The van der Waals surface area contributed by atoms with Crippen LogP contribution in [0.3, 0.4) is 0 Å². The number of sulfonamides is 1. The molecule has 2 amide bonds. The number of benzene rings is 4. The Morgan fingerprint density at radius 1 is 0.791 bits per heavy atom. The second-order valence-electron chi connectivity index (χ2n) is 10.6. The van der Waals surface area contributed by atoms with Gasteiger partial charge in [-0.25, -0.2) is 8.42 Å². The van der Waals surface area contributed by atoms with Crippen molar-refractivity contribution in [1.29, 1.82) is 0 Å². The molecule has 0 bridgehead atoms. The van der Waals surface area contributed by atoms with Crippen LogP contribution in [-0.4, -0.2) is 43.8 Å². The number of rotatable bonds is 12. The predicted octanol–water partition coefficient (Wildman–Crippen LogP) is 6.01. The van der Waals surface area contributed by atoms with Gasteiger partial charge in [-0.05, 0) is 67.8 Å². The number of hydrogen-bond donors (Lipinski definition) is 1. The zero-order chi connectivity index (χ0) is 31.0. The Morgan fingerprint density at radius 2 is 1.35 bits per heavy atom. The molecule has 7 nitrogen and oxygen atoms in total. The van der Waals surface area contributed by atoms with Crippen LogP contribution >= 0.6 is 11.6 Å². The van der Waals surface area contributed by atoms with Crippen molar-refractivity contribution in [3.63, 3.8) is 0 Å². The van der Waals surface area contributed by atoms with Gasteiger partial charge in [-0.3, -0.25) is 13.9 Å². The van der Waals surface area contributed by atoms with Gasteiger partial charge in [-0.1, -0.05) is 90.5 Å². The molecule has 0 heterocycles. The summed E-state index contributed by atoms with van der Waals surface area (Å²) >= 11 is 6.05. The number of halogens is 1. The minimum absolute atomic E-state index is 0.000879. The van der Waals surface area contributed by atoms with E-state index in [9.17, 15) is 18.0 Å². The Kier molecular flexibility index (Phi) is 10.6. The van der Waals surface area contributed by atoms with E-state index in [-0.39, 0.29) is 29.8 Å². The van der Waals surface area contributed by atoms with E-state index in [1.54, 1.807) is 25.1 Å². The van der Waals surface area contributed by atoms with Crippen LogP contribution < -0.4 is 9.62 Å². The Hall–Kier alpha value is -4.14. The third-order valence-electron chi connectivity index (χ3n) is 6.96. The molecule has 4 aromatic rings. The van der Waals surface area contributed by atoms with Crippen molar-refractivity contribution >= 4 is 39.1 Å². The summed E-state index contributed by atoms with van der Waals surface area (Å²) in [6.45, 7) is 5.12. The Balaban J connectivity index is 1.80. The van der Waals surface area contributed by atoms with Crippen LogP contribution in [0.4, 0.5) is 5.69 Å². The summed E-state index contributed by atoms with van der Waals surface area (Å²) in [6, 6.07) is 30.6. The van der Waals surface area contributed by atoms with Crippen LogP contribution in [-0.2, 0) is 32.6 Å². The topological polar surface area (TPSA) is 86.8 Å². The zero-order valence-corrected chi connectivity index (χ0v) is 26.1. The summed E-state index contributed by atoms with van der Waals surface area (Å²) in [6.07, 6.45) is 0.256. The van der Waals surface area contributed by atoms with Gasteiger partial charge in [0.2, 0.25) is 11.8 Å². The maximum Gasteiger partial charge on any atom is 0.264 e. The van der Waals surface area contributed by atoms with Crippen LogP contribution in [0.5, 0.6) is 0 Å². The number of nitrogens with zero attached hydrogens (tertiary/aromatic N) is 2. The fraction of sp³-hybridized carbons (Fsp3) is 0.235. The van der Waals surface area contributed by atoms with E-state index in [2.05, 4.69) is 5.32 Å². The van der Waals surface area contributed by atoms with E-state index >= 15 is 0 Å². The smallest absolute Gasteiger partial charge is 0.264 e. The number of nitrogens with one attached hydrogen (secondary N) is 1. The number of aryl methyl sites for hydroxylation is 1. The lowest BCUT2D eigenvalue weighted by Crippen LogP contribution is -2.54. The lowest BCUT2D eigenvalue weighted by molar-refractivity contribution is -0.140. The minimum atomic E-state index is -4.19. The quantitative estimate of drug-likeness (QED) is 0.211. The summed E-state index contributed by atoms with van der Waals surface area (Å²) in [5, 5.41) is 3.36. The second-order valence-corrected chi connectivity index (χ2v) is 12.9. The van der Waals surface area contributed by atoms with Crippen molar-refractivity contribution < 1.29 is 18.0 Å². The normalized spacial score (nSPS) is 12.0. The third-order valence-corrected chi connectivity index (χ3v) is 8.99. The maximum absolute atomic E-state index is 14.4. The number of anilines is 1. The fourth-order valence-corrected chi connectivity index (χ4v) is 6.41. The van der Waals surface area contributed by atoms with E-state index in [4.69, 9.17) is 11.6 Å². The minimum Gasteiger partial charge on any atom is -0.352 e. The van der Waals surface area contributed by atoms with E-state index in [1.807, 2.05) is 80.6 Å². The number of hydrogen-bond acceptors (Lipinski definition) is 4.